The number of hydrogen-bond acceptors (Lipinski definition) is 5. The molecule has 4 aliphatic carbocycles. The molecule has 0 radical (unpaired) electrons. The quantitative estimate of drug-likeness (QED) is 0.330. The maximum atomic E-state index is 11.3. The van der Waals surface area contributed by atoms with Crippen LogP contribution in [0.5, 0.6) is 0 Å². The van der Waals surface area contributed by atoms with Crippen LogP contribution < -0.4 is 0 Å². The molecule has 7 heteroatoms. The topological polar surface area (TPSA) is 115 Å². The van der Waals surface area contributed by atoms with E-state index in [-0.39, 0.29) is 23.0 Å². The largest absolute Gasteiger partial charge is 0.387 e. The maximum absolute atomic E-state index is 11.3. The molecule has 10 atom stereocenters. The van der Waals surface area contributed by atoms with Crippen LogP contribution in [0.1, 0.15) is 91.9 Å². The van der Waals surface area contributed by atoms with E-state index in [0.29, 0.717) is 42.4 Å². The Morgan fingerprint density at radius 3 is 2.30 bits per heavy atom. The average molecular weight is 487 g/mol. The van der Waals surface area contributed by atoms with Crippen LogP contribution in [0.4, 0.5) is 0 Å². The molecule has 4 saturated carbocycles. The van der Waals surface area contributed by atoms with Gasteiger partial charge in [0.25, 0.3) is 10.1 Å². The maximum Gasteiger partial charge on any atom is 0.264 e. The zero-order chi connectivity index (χ0) is 24.4. The van der Waals surface area contributed by atoms with Crippen molar-refractivity contribution in [3.05, 3.63) is 0 Å². The minimum absolute atomic E-state index is 0.162. The van der Waals surface area contributed by atoms with Gasteiger partial charge in [0.2, 0.25) is 0 Å². The van der Waals surface area contributed by atoms with E-state index >= 15 is 0 Å². The molecular weight excluding hydrogens is 440 g/mol. The molecule has 0 saturated heterocycles. The molecule has 0 aromatic carbocycles. The second-order valence-electron chi connectivity index (χ2n) is 12.6. The highest BCUT2D eigenvalue weighted by atomic mass is 32.2. The third-order valence-electron chi connectivity index (χ3n) is 11.5. The molecule has 0 spiro atoms. The molecule has 0 bridgehead atoms. The van der Waals surface area contributed by atoms with Crippen molar-refractivity contribution in [2.75, 3.05) is 5.75 Å². The van der Waals surface area contributed by atoms with Gasteiger partial charge < -0.3 is 15.3 Å². The molecule has 4 N–H and O–H groups in total. The number of hydrogen-bond donors (Lipinski definition) is 4. The van der Waals surface area contributed by atoms with E-state index in [4.69, 9.17) is 4.55 Å². The molecule has 0 amide bonds. The van der Waals surface area contributed by atoms with Crippen LogP contribution in [-0.4, -0.2) is 45.9 Å². The third kappa shape index (κ3) is 4.02. The number of aliphatic hydroxyl groups excluding tert-OH is 1. The van der Waals surface area contributed by atoms with Gasteiger partial charge in [-0.2, -0.15) is 8.42 Å². The van der Waals surface area contributed by atoms with E-state index < -0.39 is 27.4 Å². The first-order valence-electron chi connectivity index (χ1n) is 13.3. The van der Waals surface area contributed by atoms with Crippen LogP contribution in [0.25, 0.3) is 0 Å². The Balaban J connectivity index is 1.58. The zero-order valence-electron chi connectivity index (χ0n) is 20.9. The van der Waals surface area contributed by atoms with Gasteiger partial charge in [-0.3, -0.25) is 4.55 Å². The monoisotopic (exact) mass is 486 g/mol. The molecule has 6 nitrogen and oxygen atoms in total. The van der Waals surface area contributed by atoms with Crippen LogP contribution in [0.3, 0.4) is 0 Å². The van der Waals surface area contributed by atoms with E-state index in [2.05, 4.69) is 27.7 Å². The predicted molar refractivity (Wildman–Crippen MR) is 128 cm³/mol. The predicted octanol–water partition coefficient (Wildman–Crippen LogP) is 4.24. The van der Waals surface area contributed by atoms with Crippen molar-refractivity contribution in [2.45, 2.75) is 104 Å². The summed E-state index contributed by atoms with van der Waals surface area (Å²) in [4.78, 5) is 0. The van der Waals surface area contributed by atoms with Gasteiger partial charge in [-0.05, 0) is 105 Å². The van der Waals surface area contributed by atoms with Crippen LogP contribution >= 0.6 is 0 Å². The summed E-state index contributed by atoms with van der Waals surface area (Å²) in [6, 6.07) is 0. The Bertz CT molecular complexity index is 827. The van der Waals surface area contributed by atoms with Crippen molar-refractivity contribution in [1.29, 1.82) is 0 Å². The Morgan fingerprint density at radius 2 is 1.67 bits per heavy atom. The summed E-state index contributed by atoms with van der Waals surface area (Å²) in [5, 5.41) is 33.2. The van der Waals surface area contributed by atoms with Crippen LogP contribution in [0, 0.1) is 52.3 Å². The SMILES string of the molecule is CC[C@H]1C[C@H]2[C@@H]3CC[C@H]([C@H](C)CCCS(=O)(=O)O)[C@@]3(C)CC[C@@H]2[C@]2(C)[C@H]1CCC(O)C2(O)O. The van der Waals surface area contributed by atoms with Crippen molar-refractivity contribution in [1.82, 2.24) is 0 Å². The summed E-state index contributed by atoms with van der Waals surface area (Å²) in [5.74, 6) is 0.604. The van der Waals surface area contributed by atoms with Crippen molar-refractivity contribution in [2.24, 2.45) is 52.3 Å². The average Bonchev–Trinajstić information content (AvgIpc) is 3.07. The van der Waals surface area contributed by atoms with Crippen LogP contribution in [-0.2, 0) is 10.1 Å². The molecule has 4 aliphatic rings. The Kier molecular flexibility index (Phi) is 6.84. The lowest BCUT2D eigenvalue weighted by atomic mass is 9.40. The highest BCUT2D eigenvalue weighted by Crippen LogP contribution is 2.70. The van der Waals surface area contributed by atoms with Crippen LogP contribution in [0.15, 0.2) is 0 Å². The fourth-order valence-electron chi connectivity index (χ4n) is 9.83. The molecule has 0 aromatic heterocycles. The summed E-state index contributed by atoms with van der Waals surface area (Å²) < 4.78 is 31.4. The van der Waals surface area contributed by atoms with Crippen molar-refractivity contribution < 1.29 is 28.3 Å². The van der Waals surface area contributed by atoms with Gasteiger partial charge in [-0.25, -0.2) is 0 Å². The van der Waals surface area contributed by atoms with Crippen molar-refractivity contribution >= 4 is 10.1 Å². The number of aliphatic hydroxyl groups is 3. The molecular formula is C26H46O6S. The highest BCUT2D eigenvalue weighted by Gasteiger charge is 2.69. The van der Waals surface area contributed by atoms with Gasteiger partial charge in [0, 0.05) is 5.41 Å². The summed E-state index contributed by atoms with van der Waals surface area (Å²) in [7, 11) is -3.91. The van der Waals surface area contributed by atoms with Crippen molar-refractivity contribution in [3.8, 4) is 0 Å². The lowest BCUT2D eigenvalue weighted by molar-refractivity contribution is -0.356. The lowest BCUT2D eigenvalue weighted by Crippen LogP contribution is -2.69. The normalized spacial score (nSPS) is 47.9. The first kappa shape index (κ1) is 25.9. The van der Waals surface area contributed by atoms with E-state index in [1.165, 1.54) is 0 Å². The van der Waals surface area contributed by atoms with Crippen molar-refractivity contribution in [3.63, 3.8) is 0 Å². The van der Waals surface area contributed by atoms with Gasteiger partial charge in [-0.15, -0.1) is 0 Å². The zero-order valence-corrected chi connectivity index (χ0v) is 21.7. The molecule has 192 valence electrons. The molecule has 33 heavy (non-hydrogen) atoms. The second-order valence-corrected chi connectivity index (χ2v) is 14.2. The molecule has 0 heterocycles. The molecule has 0 aliphatic heterocycles. The molecule has 1 unspecified atom stereocenters. The summed E-state index contributed by atoms with van der Waals surface area (Å²) in [5.41, 5.74) is -0.504. The standard InChI is InChI=1S/C26H46O6S/c1-5-17-15-18-21-9-8-19(16(2)7-6-14-33(30,31)32)24(21,3)13-12-22(18)25(4)20(17)10-11-23(27)26(25,28)29/h16-23,27-29H,5-15H2,1-4H3,(H,30,31,32)/t16-,17+,18+,19-,20+,21+,22+,23?,24-,25+/m1/s1. The molecule has 4 fully saturated rings. The van der Waals surface area contributed by atoms with Gasteiger partial charge in [0.05, 0.1) is 5.75 Å². The van der Waals surface area contributed by atoms with Gasteiger partial charge in [0.1, 0.15) is 6.10 Å². The molecule has 4 rings (SSSR count). The summed E-state index contributed by atoms with van der Waals surface area (Å²) in [6.45, 7) is 8.96. The minimum Gasteiger partial charge on any atom is -0.387 e. The first-order valence-corrected chi connectivity index (χ1v) is 15.0. The van der Waals surface area contributed by atoms with Gasteiger partial charge in [-0.1, -0.05) is 34.1 Å². The second kappa shape index (κ2) is 8.72. The van der Waals surface area contributed by atoms with Gasteiger partial charge >= 0.3 is 0 Å². The summed E-state index contributed by atoms with van der Waals surface area (Å²) >= 11 is 0. The molecule has 0 aromatic rings. The summed E-state index contributed by atoms with van der Waals surface area (Å²) in [6.07, 6.45) is 8.05. The van der Waals surface area contributed by atoms with Crippen LogP contribution in [0.2, 0.25) is 0 Å². The first-order chi connectivity index (χ1) is 15.3. The van der Waals surface area contributed by atoms with E-state index in [1.54, 1.807) is 0 Å². The lowest BCUT2D eigenvalue weighted by Gasteiger charge is -2.66. The Labute approximate surface area is 200 Å². The van der Waals surface area contributed by atoms with E-state index in [9.17, 15) is 23.7 Å². The van der Waals surface area contributed by atoms with E-state index in [0.717, 1.165) is 51.4 Å². The van der Waals surface area contributed by atoms with E-state index in [1.807, 2.05) is 0 Å². The smallest absolute Gasteiger partial charge is 0.264 e. The highest BCUT2D eigenvalue weighted by molar-refractivity contribution is 7.85. The fraction of sp³-hybridized carbons (Fsp3) is 1.00. The van der Waals surface area contributed by atoms with Gasteiger partial charge in [0.15, 0.2) is 5.79 Å². The fourth-order valence-corrected chi connectivity index (χ4v) is 10.4. The Morgan fingerprint density at radius 1 is 1.00 bits per heavy atom. The Hall–Kier alpha value is -0.210. The number of rotatable bonds is 6. The minimum atomic E-state index is -3.91. The number of fused-ring (bicyclic) bond motifs is 5. The third-order valence-corrected chi connectivity index (χ3v) is 12.3.